The Kier molecular flexibility index (Phi) is 5.98. The molecule has 4 amide bonds. The summed E-state index contributed by atoms with van der Waals surface area (Å²) in [5, 5.41) is 6.38. The van der Waals surface area contributed by atoms with Crippen molar-refractivity contribution in [2.75, 3.05) is 6.54 Å². The van der Waals surface area contributed by atoms with E-state index in [2.05, 4.69) is 24.5 Å². The SMILES string of the molecule is CC[C@@]1(c2ccc(Cl)cc2)NC(=O)N(CC(=O)N[C@@H]2CCC[C@H](C)[C@@H]2C)C1=O. The molecule has 7 heteroatoms. The van der Waals surface area contributed by atoms with Gasteiger partial charge in [0, 0.05) is 11.1 Å². The minimum atomic E-state index is -1.16. The number of urea groups is 1. The number of amides is 4. The van der Waals surface area contributed by atoms with Crippen molar-refractivity contribution in [3.05, 3.63) is 34.9 Å². The highest BCUT2D eigenvalue weighted by molar-refractivity contribution is 6.30. The van der Waals surface area contributed by atoms with Gasteiger partial charge in [0.25, 0.3) is 5.91 Å². The lowest BCUT2D eigenvalue weighted by Crippen LogP contribution is -2.49. The molecule has 1 aromatic rings. The van der Waals surface area contributed by atoms with Crippen molar-refractivity contribution in [1.82, 2.24) is 15.5 Å². The molecule has 1 aliphatic carbocycles. The molecule has 0 radical (unpaired) electrons. The molecule has 2 aliphatic rings. The third-order valence-electron chi connectivity index (χ3n) is 6.40. The zero-order valence-electron chi connectivity index (χ0n) is 16.6. The fourth-order valence-electron chi connectivity index (χ4n) is 4.33. The molecule has 0 aromatic heterocycles. The third-order valence-corrected chi connectivity index (χ3v) is 6.65. The molecule has 1 saturated carbocycles. The van der Waals surface area contributed by atoms with Crippen LogP contribution in [-0.2, 0) is 15.1 Å². The number of carbonyl (C=O) groups is 3. The van der Waals surface area contributed by atoms with Gasteiger partial charge in [-0.2, -0.15) is 0 Å². The van der Waals surface area contributed by atoms with Gasteiger partial charge in [-0.25, -0.2) is 4.79 Å². The number of hydrogen-bond acceptors (Lipinski definition) is 3. The fourth-order valence-corrected chi connectivity index (χ4v) is 4.45. The maximum Gasteiger partial charge on any atom is 0.325 e. The van der Waals surface area contributed by atoms with E-state index in [0.29, 0.717) is 28.8 Å². The van der Waals surface area contributed by atoms with E-state index >= 15 is 0 Å². The van der Waals surface area contributed by atoms with Crippen LogP contribution in [0.5, 0.6) is 0 Å². The molecule has 0 unspecified atom stereocenters. The van der Waals surface area contributed by atoms with Crippen molar-refractivity contribution >= 4 is 29.4 Å². The molecule has 28 heavy (non-hydrogen) atoms. The first-order valence-electron chi connectivity index (χ1n) is 9.98. The van der Waals surface area contributed by atoms with Gasteiger partial charge in [0.15, 0.2) is 0 Å². The van der Waals surface area contributed by atoms with Gasteiger partial charge < -0.3 is 10.6 Å². The normalized spacial score (nSPS) is 30.3. The van der Waals surface area contributed by atoms with Crippen molar-refractivity contribution in [2.24, 2.45) is 11.8 Å². The minimum Gasteiger partial charge on any atom is -0.352 e. The highest BCUT2D eigenvalue weighted by Gasteiger charge is 2.51. The zero-order valence-corrected chi connectivity index (χ0v) is 17.4. The van der Waals surface area contributed by atoms with Crippen LogP contribution in [0.2, 0.25) is 5.02 Å². The zero-order chi connectivity index (χ0) is 20.5. The number of carbonyl (C=O) groups excluding carboxylic acids is 3. The van der Waals surface area contributed by atoms with Gasteiger partial charge in [-0.05, 0) is 42.4 Å². The molecule has 2 fully saturated rings. The van der Waals surface area contributed by atoms with E-state index in [1.54, 1.807) is 24.3 Å². The Bertz CT molecular complexity index is 767. The molecular weight excluding hydrogens is 378 g/mol. The maximum atomic E-state index is 13.1. The van der Waals surface area contributed by atoms with E-state index in [9.17, 15) is 14.4 Å². The standard InChI is InChI=1S/C21H28ClN3O3/c1-4-21(15-8-10-16(22)11-9-15)19(27)25(20(28)24-21)12-18(26)23-17-7-5-6-13(2)14(17)3/h8-11,13-14,17H,4-7,12H2,1-3H3,(H,23,26)(H,24,28)/t13-,14-,17+,21-/m0/s1. The van der Waals surface area contributed by atoms with Crippen molar-refractivity contribution < 1.29 is 14.4 Å². The Balaban J connectivity index is 1.72. The molecule has 1 aromatic carbocycles. The number of nitrogens with one attached hydrogen (secondary N) is 2. The topological polar surface area (TPSA) is 78.5 Å². The van der Waals surface area contributed by atoms with E-state index < -0.39 is 17.5 Å². The molecule has 1 saturated heterocycles. The minimum absolute atomic E-state index is 0.0872. The van der Waals surface area contributed by atoms with Crippen molar-refractivity contribution in [2.45, 2.75) is 58.0 Å². The Labute approximate surface area is 171 Å². The summed E-state index contributed by atoms with van der Waals surface area (Å²) in [7, 11) is 0. The van der Waals surface area contributed by atoms with Crippen LogP contribution < -0.4 is 10.6 Å². The fraction of sp³-hybridized carbons (Fsp3) is 0.571. The first-order valence-corrected chi connectivity index (χ1v) is 10.4. The molecule has 1 heterocycles. The van der Waals surface area contributed by atoms with Gasteiger partial charge in [0.05, 0.1) is 0 Å². The predicted molar refractivity (Wildman–Crippen MR) is 108 cm³/mol. The Morgan fingerprint density at radius 2 is 1.93 bits per heavy atom. The number of rotatable bonds is 5. The third kappa shape index (κ3) is 3.75. The smallest absolute Gasteiger partial charge is 0.325 e. The largest absolute Gasteiger partial charge is 0.352 e. The average Bonchev–Trinajstić information content (AvgIpc) is 2.91. The van der Waals surface area contributed by atoms with Gasteiger partial charge >= 0.3 is 6.03 Å². The first kappa shape index (κ1) is 20.6. The van der Waals surface area contributed by atoms with E-state index in [1.165, 1.54) is 6.42 Å². The highest BCUT2D eigenvalue weighted by Crippen LogP contribution is 2.33. The van der Waals surface area contributed by atoms with E-state index in [4.69, 9.17) is 11.6 Å². The van der Waals surface area contributed by atoms with E-state index in [1.807, 2.05) is 6.92 Å². The van der Waals surface area contributed by atoms with Gasteiger partial charge in [0.1, 0.15) is 12.1 Å². The number of imide groups is 1. The van der Waals surface area contributed by atoms with Gasteiger partial charge in [-0.3, -0.25) is 14.5 Å². The Hall–Kier alpha value is -2.08. The van der Waals surface area contributed by atoms with Crippen molar-refractivity contribution in [1.29, 1.82) is 0 Å². The second-order valence-electron chi connectivity index (χ2n) is 8.03. The summed E-state index contributed by atoms with van der Waals surface area (Å²) in [6, 6.07) is 6.40. The average molecular weight is 406 g/mol. The van der Waals surface area contributed by atoms with Crippen LogP contribution in [0.3, 0.4) is 0 Å². The molecular formula is C21H28ClN3O3. The lowest BCUT2D eigenvalue weighted by atomic mass is 9.78. The number of benzene rings is 1. The lowest BCUT2D eigenvalue weighted by Gasteiger charge is -2.34. The highest BCUT2D eigenvalue weighted by atomic mass is 35.5. The summed E-state index contributed by atoms with van der Waals surface area (Å²) >= 11 is 5.95. The second-order valence-corrected chi connectivity index (χ2v) is 8.46. The monoisotopic (exact) mass is 405 g/mol. The summed E-state index contributed by atoms with van der Waals surface area (Å²) < 4.78 is 0. The number of nitrogens with zero attached hydrogens (tertiary/aromatic N) is 1. The molecule has 6 nitrogen and oxygen atoms in total. The van der Waals surface area contributed by atoms with E-state index in [-0.39, 0.29) is 18.5 Å². The molecule has 2 N–H and O–H groups in total. The molecule has 3 rings (SSSR count). The summed E-state index contributed by atoms with van der Waals surface area (Å²) in [6.45, 7) is 5.91. The van der Waals surface area contributed by atoms with Gasteiger partial charge in [0.2, 0.25) is 5.91 Å². The molecule has 0 spiro atoms. The molecule has 0 bridgehead atoms. The molecule has 152 valence electrons. The Morgan fingerprint density at radius 3 is 2.57 bits per heavy atom. The van der Waals surface area contributed by atoms with Crippen LogP contribution in [0.25, 0.3) is 0 Å². The number of hydrogen-bond donors (Lipinski definition) is 2. The maximum absolute atomic E-state index is 13.1. The summed E-state index contributed by atoms with van der Waals surface area (Å²) in [6.07, 6.45) is 3.56. The molecule has 1 aliphatic heterocycles. The lowest BCUT2D eigenvalue weighted by molar-refractivity contribution is -0.135. The summed E-state index contributed by atoms with van der Waals surface area (Å²) in [4.78, 5) is 39.3. The van der Waals surface area contributed by atoms with Crippen molar-refractivity contribution in [3.63, 3.8) is 0 Å². The number of halogens is 1. The van der Waals surface area contributed by atoms with Crippen LogP contribution in [0.15, 0.2) is 24.3 Å². The molecule has 4 atom stereocenters. The first-order chi connectivity index (χ1) is 13.3. The summed E-state index contributed by atoms with van der Waals surface area (Å²) in [5.74, 6) is 0.234. The quantitative estimate of drug-likeness (QED) is 0.736. The van der Waals surface area contributed by atoms with Crippen LogP contribution >= 0.6 is 11.6 Å². The van der Waals surface area contributed by atoms with E-state index in [0.717, 1.165) is 17.7 Å². The van der Waals surface area contributed by atoms with Crippen LogP contribution in [0.4, 0.5) is 4.79 Å². The second kappa shape index (κ2) is 8.11. The van der Waals surface area contributed by atoms with Crippen LogP contribution in [-0.4, -0.2) is 35.3 Å². The van der Waals surface area contributed by atoms with Crippen molar-refractivity contribution in [3.8, 4) is 0 Å². The summed E-state index contributed by atoms with van der Waals surface area (Å²) in [5.41, 5.74) is -0.496. The van der Waals surface area contributed by atoms with Gasteiger partial charge in [-0.1, -0.05) is 57.3 Å². The van der Waals surface area contributed by atoms with Gasteiger partial charge in [-0.15, -0.1) is 0 Å². The predicted octanol–water partition coefficient (Wildman–Crippen LogP) is 3.44. The van der Waals surface area contributed by atoms with Crippen LogP contribution in [0, 0.1) is 11.8 Å². The van der Waals surface area contributed by atoms with Crippen LogP contribution in [0.1, 0.15) is 52.0 Å². The Morgan fingerprint density at radius 1 is 1.25 bits per heavy atom.